The predicted molar refractivity (Wildman–Crippen MR) is 76.2 cm³/mol. The first-order valence-corrected chi connectivity index (χ1v) is 7.34. The van der Waals surface area contributed by atoms with Crippen LogP contribution in [0, 0.1) is 20.8 Å². The Balaban J connectivity index is 2.32. The van der Waals surface area contributed by atoms with Gasteiger partial charge < -0.3 is 0 Å². The summed E-state index contributed by atoms with van der Waals surface area (Å²) in [6.45, 7) is 6.53. The lowest BCUT2D eigenvalue weighted by molar-refractivity contribution is 0.518. The number of nitrogens with one attached hydrogen (secondary N) is 1. The van der Waals surface area contributed by atoms with E-state index in [-0.39, 0.29) is 0 Å². The van der Waals surface area contributed by atoms with Gasteiger partial charge >= 0.3 is 0 Å². The van der Waals surface area contributed by atoms with Gasteiger partial charge in [0, 0.05) is 5.25 Å². The molecule has 0 amide bonds. The van der Waals surface area contributed by atoms with Gasteiger partial charge in [0.2, 0.25) is 0 Å². The van der Waals surface area contributed by atoms with Crippen molar-refractivity contribution < 1.29 is 0 Å². The first kappa shape index (κ1) is 12.9. The van der Waals surface area contributed by atoms with Crippen molar-refractivity contribution in [3.8, 4) is 0 Å². The number of hydrogen-bond donors (Lipinski definition) is 2. The number of rotatable bonds is 3. The van der Waals surface area contributed by atoms with Gasteiger partial charge in [-0.05, 0) is 61.6 Å². The van der Waals surface area contributed by atoms with Crippen LogP contribution in [0.4, 0.5) is 0 Å². The van der Waals surface area contributed by atoms with Crippen molar-refractivity contribution in [3.05, 3.63) is 34.4 Å². The highest BCUT2D eigenvalue weighted by Crippen LogP contribution is 2.37. The van der Waals surface area contributed by atoms with E-state index in [1.54, 1.807) is 0 Å². The third-order valence-electron chi connectivity index (χ3n) is 3.73. The molecule has 1 aromatic carbocycles. The second-order valence-electron chi connectivity index (χ2n) is 4.99. The van der Waals surface area contributed by atoms with Gasteiger partial charge in [-0.2, -0.15) is 11.8 Å². The molecule has 0 spiro atoms. The summed E-state index contributed by atoms with van der Waals surface area (Å²) in [6, 6.07) is 4.87. The molecule has 0 radical (unpaired) electrons. The van der Waals surface area contributed by atoms with Crippen molar-refractivity contribution in [2.24, 2.45) is 5.84 Å². The van der Waals surface area contributed by atoms with Crippen molar-refractivity contribution in [1.29, 1.82) is 0 Å². The molecule has 0 saturated carbocycles. The third kappa shape index (κ3) is 2.67. The van der Waals surface area contributed by atoms with Crippen LogP contribution in [0.25, 0.3) is 0 Å². The van der Waals surface area contributed by atoms with Crippen LogP contribution in [0.15, 0.2) is 12.1 Å². The van der Waals surface area contributed by atoms with E-state index in [2.05, 4.69) is 38.3 Å². The summed E-state index contributed by atoms with van der Waals surface area (Å²) in [5, 5.41) is 0.626. The quantitative estimate of drug-likeness (QED) is 0.640. The highest BCUT2D eigenvalue weighted by atomic mass is 32.2. The van der Waals surface area contributed by atoms with Crippen LogP contribution < -0.4 is 11.3 Å². The molecular weight excluding hydrogens is 228 g/mol. The van der Waals surface area contributed by atoms with Crippen molar-refractivity contribution in [2.75, 3.05) is 5.75 Å². The van der Waals surface area contributed by atoms with Gasteiger partial charge in [-0.15, -0.1) is 0 Å². The van der Waals surface area contributed by atoms with Gasteiger partial charge in [-0.25, -0.2) is 0 Å². The normalized spacial score (nSPS) is 21.8. The Bertz CT molecular complexity index is 397. The largest absolute Gasteiger partial charge is 0.271 e. The molecule has 2 nitrogen and oxygen atoms in total. The van der Waals surface area contributed by atoms with Crippen LogP contribution in [-0.4, -0.2) is 11.0 Å². The minimum atomic E-state index is 0.293. The molecule has 0 aliphatic carbocycles. The van der Waals surface area contributed by atoms with Gasteiger partial charge in [-0.1, -0.05) is 12.1 Å². The maximum absolute atomic E-state index is 5.78. The molecule has 1 aliphatic heterocycles. The summed E-state index contributed by atoms with van der Waals surface area (Å²) in [7, 11) is 0. The van der Waals surface area contributed by atoms with E-state index in [4.69, 9.17) is 5.84 Å². The molecule has 17 heavy (non-hydrogen) atoms. The fraction of sp³-hybridized carbons (Fsp3) is 0.571. The Kier molecular flexibility index (Phi) is 4.13. The lowest BCUT2D eigenvalue weighted by Crippen LogP contribution is -2.34. The van der Waals surface area contributed by atoms with E-state index >= 15 is 0 Å². The molecule has 2 rings (SSSR count). The average molecular weight is 250 g/mol. The molecule has 1 aromatic rings. The third-order valence-corrected chi connectivity index (χ3v) is 5.19. The van der Waals surface area contributed by atoms with Gasteiger partial charge in [0.15, 0.2) is 0 Å². The van der Waals surface area contributed by atoms with Crippen LogP contribution in [0.2, 0.25) is 0 Å². The minimum absolute atomic E-state index is 0.293. The molecule has 0 aromatic heterocycles. The summed E-state index contributed by atoms with van der Waals surface area (Å²) in [5.74, 6) is 7.05. The smallest absolute Gasteiger partial charge is 0.0581 e. The Morgan fingerprint density at radius 1 is 1.24 bits per heavy atom. The zero-order valence-electron chi connectivity index (χ0n) is 10.9. The van der Waals surface area contributed by atoms with E-state index < -0.39 is 0 Å². The number of hydrazine groups is 1. The summed E-state index contributed by atoms with van der Waals surface area (Å²) >= 11 is 2.05. The predicted octanol–water partition coefficient (Wildman–Crippen LogP) is 3.01. The maximum Gasteiger partial charge on any atom is 0.0581 e. The fourth-order valence-electron chi connectivity index (χ4n) is 2.58. The van der Waals surface area contributed by atoms with Crippen LogP contribution in [0.3, 0.4) is 0 Å². The zero-order chi connectivity index (χ0) is 12.4. The van der Waals surface area contributed by atoms with Crippen LogP contribution in [0.1, 0.15) is 41.1 Å². The summed E-state index contributed by atoms with van der Waals surface area (Å²) in [6.07, 6.45) is 2.59. The monoisotopic (exact) mass is 250 g/mol. The van der Waals surface area contributed by atoms with E-state index in [1.165, 1.54) is 40.8 Å². The summed E-state index contributed by atoms with van der Waals surface area (Å²) in [5.41, 5.74) is 8.47. The van der Waals surface area contributed by atoms with Crippen molar-refractivity contribution in [2.45, 2.75) is 44.9 Å². The molecule has 1 heterocycles. The van der Waals surface area contributed by atoms with Crippen molar-refractivity contribution >= 4 is 11.8 Å². The fourth-order valence-corrected chi connectivity index (χ4v) is 3.97. The molecule has 94 valence electrons. The van der Waals surface area contributed by atoms with Crippen molar-refractivity contribution in [1.82, 2.24) is 5.43 Å². The van der Waals surface area contributed by atoms with Crippen LogP contribution in [0.5, 0.6) is 0 Å². The Morgan fingerprint density at radius 3 is 2.53 bits per heavy atom. The number of thioether (sulfide) groups is 1. The topological polar surface area (TPSA) is 38.0 Å². The van der Waals surface area contributed by atoms with E-state index in [0.717, 1.165) is 0 Å². The zero-order valence-corrected chi connectivity index (χ0v) is 11.7. The molecule has 3 heteroatoms. The first-order chi connectivity index (χ1) is 8.13. The van der Waals surface area contributed by atoms with E-state index in [0.29, 0.717) is 11.3 Å². The number of benzene rings is 1. The molecule has 2 atom stereocenters. The molecule has 1 saturated heterocycles. The van der Waals surface area contributed by atoms with E-state index in [1.807, 2.05) is 11.8 Å². The van der Waals surface area contributed by atoms with Crippen LogP contribution in [-0.2, 0) is 0 Å². The second-order valence-corrected chi connectivity index (χ2v) is 6.34. The van der Waals surface area contributed by atoms with Gasteiger partial charge in [0.25, 0.3) is 0 Å². The molecule has 3 N–H and O–H groups in total. The maximum atomic E-state index is 5.78. The molecule has 0 bridgehead atoms. The number of nitrogens with two attached hydrogens (primary N) is 1. The second kappa shape index (κ2) is 5.42. The lowest BCUT2D eigenvalue weighted by atomic mass is 9.93. The average Bonchev–Trinajstić information content (AvgIpc) is 2.80. The SMILES string of the molecule is Cc1cc(C)c(C(NN)C2CCCS2)cc1C. The number of aryl methyl sites for hydroxylation is 3. The highest BCUT2D eigenvalue weighted by molar-refractivity contribution is 8.00. The number of hydrogen-bond acceptors (Lipinski definition) is 3. The molecular formula is C14H22N2S. The first-order valence-electron chi connectivity index (χ1n) is 6.29. The lowest BCUT2D eigenvalue weighted by Gasteiger charge is -2.25. The summed E-state index contributed by atoms with van der Waals surface area (Å²) < 4.78 is 0. The minimum Gasteiger partial charge on any atom is -0.271 e. The standard InChI is InChI=1S/C14H22N2S/c1-9-7-11(3)12(8-10(9)2)14(16-15)13-5-4-6-17-13/h7-8,13-14,16H,4-6,15H2,1-3H3. The van der Waals surface area contributed by atoms with Gasteiger partial charge in [-0.3, -0.25) is 11.3 Å². The molecule has 1 fully saturated rings. The molecule has 2 unspecified atom stereocenters. The van der Waals surface area contributed by atoms with Gasteiger partial charge in [0.1, 0.15) is 0 Å². The van der Waals surface area contributed by atoms with Crippen molar-refractivity contribution in [3.63, 3.8) is 0 Å². The Labute approximate surface area is 108 Å². The molecule has 1 aliphatic rings. The van der Waals surface area contributed by atoms with Crippen LogP contribution >= 0.6 is 11.8 Å². The van der Waals surface area contributed by atoms with E-state index in [9.17, 15) is 0 Å². The Morgan fingerprint density at radius 2 is 1.94 bits per heavy atom. The van der Waals surface area contributed by atoms with Gasteiger partial charge in [0.05, 0.1) is 6.04 Å². The highest BCUT2D eigenvalue weighted by Gasteiger charge is 2.27. The summed E-state index contributed by atoms with van der Waals surface area (Å²) in [4.78, 5) is 0. The Hall–Kier alpha value is -0.510.